The maximum absolute atomic E-state index is 12.6. The number of nitrogens with one attached hydrogen (secondary N) is 1. The van der Waals surface area contributed by atoms with Crippen LogP contribution in [-0.4, -0.2) is 25.1 Å². The largest absolute Gasteiger partial charge is 0.350 e. The zero-order valence-corrected chi connectivity index (χ0v) is 16.9. The lowest BCUT2D eigenvalue weighted by atomic mass is 9.95. The minimum absolute atomic E-state index is 0.0560. The van der Waals surface area contributed by atoms with Crippen LogP contribution in [0.2, 0.25) is 0 Å². The molecule has 1 heterocycles. The Labute approximate surface area is 155 Å². The third-order valence-electron chi connectivity index (χ3n) is 4.02. The zero-order valence-electron chi connectivity index (χ0n) is 16.1. The zero-order chi connectivity index (χ0) is 19.7. The molecule has 0 unspecified atom stereocenters. The SMILES string of the molecule is Cc1c(C(=O)Nc2ccc(S(C)(=O)=O)cc2)cn(C)c1/C=C/C(C)(C)C. The number of amides is 1. The monoisotopic (exact) mass is 374 g/mol. The Bertz CT molecular complexity index is 944. The fraction of sp³-hybridized carbons (Fsp3) is 0.350. The Morgan fingerprint density at radius 2 is 1.73 bits per heavy atom. The van der Waals surface area contributed by atoms with E-state index >= 15 is 0 Å². The predicted octanol–water partition coefficient (Wildman–Crippen LogP) is 4.05. The molecule has 0 aliphatic carbocycles. The summed E-state index contributed by atoms with van der Waals surface area (Å²) < 4.78 is 24.9. The van der Waals surface area contributed by atoms with Gasteiger partial charge in [0.25, 0.3) is 5.91 Å². The highest BCUT2D eigenvalue weighted by Crippen LogP contribution is 2.23. The van der Waals surface area contributed by atoms with Crippen LogP contribution in [0.5, 0.6) is 0 Å². The molecule has 140 valence electrons. The summed E-state index contributed by atoms with van der Waals surface area (Å²) >= 11 is 0. The van der Waals surface area contributed by atoms with Crippen molar-refractivity contribution in [1.29, 1.82) is 0 Å². The van der Waals surface area contributed by atoms with Gasteiger partial charge in [-0.2, -0.15) is 0 Å². The molecule has 0 saturated heterocycles. The van der Waals surface area contributed by atoms with E-state index in [4.69, 9.17) is 0 Å². The average molecular weight is 375 g/mol. The van der Waals surface area contributed by atoms with Crippen molar-refractivity contribution in [2.75, 3.05) is 11.6 Å². The number of benzene rings is 1. The number of anilines is 1. The van der Waals surface area contributed by atoms with Crippen molar-refractivity contribution in [3.05, 3.63) is 53.4 Å². The normalized spacial score (nSPS) is 12.5. The van der Waals surface area contributed by atoms with E-state index in [2.05, 4.69) is 32.2 Å². The van der Waals surface area contributed by atoms with Crippen molar-refractivity contribution in [2.45, 2.75) is 32.6 Å². The van der Waals surface area contributed by atoms with Gasteiger partial charge in [-0.05, 0) is 48.2 Å². The van der Waals surface area contributed by atoms with Gasteiger partial charge in [-0.25, -0.2) is 8.42 Å². The number of allylic oxidation sites excluding steroid dienone is 1. The number of sulfone groups is 1. The first kappa shape index (κ1) is 20.0. The van der Waals surface area contributed by atoms with Crippen molar-refractivity contribution in [1.82, 2.24) is 4.57 Å². The highest BCUT2D eigenvalue weighted by atomic mass is 32.2. The summed E-state index contributed by atoms with van der Waals surface area (Å²) in [6.45, 7) is 8.28. The van der Waals surface area contributed by atoms with Gasteiger partial charge in [0.05, 0.1) is 10.5 Å². The number of carbonyl (C=O) groups excluding carboxylic acids is 1. The van der Waals surface area contributed by atoms with Crippen LogP contribution in [0.3, 0.4) is 0 Å². The number of aromatic nitrogens is 1. The molecule has 0 fully saturated rings. The minimum Gasteiger partial charge on any atom is -0.350 e. The molecule has 1 N–H and O–H groups in total. The molecular weight excluding hydrogens is 348 g/mol. The molecular formula is C20H26N2O3S. The van der Waals surface area contributed by atoms with Crippen molar-refractivity contribution in [3.63, 3.8) is 0 Å². The quantitative estimate of drug-likeness (QED) is 0.878. The summed E-state index contributed by atoms with van der Waals surface area (Å²) in [5.74, 6) is -0.222. The Morgan fingerprint density at radius 1 is 1.15 bits per heavy atom. The second kappa shape index (κ2) is 7.11. The van der Waals surface area contributed by atoms with Crippen LogP contribution in [0.25, 0.3) is 6.08 Å². The molecule has 0 saturated carbocycles. The van der Waals surface area contributed by atoms with E-state index < -0.39 is 9.84 Å². The lowest BCUT2D eigenvalue weighted by Gasteiger charge is -2.11. The van der Waals surface area contributed by atoms with Crippen molar-refractivity contribution in [2.24, 2.45) is 12.5 Å². The van der Waals surface area contributed by atoms with Gasteiger partial charge in [-0.3, -0.25) is 4.79 Å². The molecule has 0 bridgehead atoms. The molecule has 0 spiro atoms. The van der Waals surface area contributed by atoms with Crippen LogP contribution in [0, 0.1) is 12.3 Å². The second-order valence-electron chi connectivity index (χ2n) is 7.61. The third-order valence-corrected chi connectivity index (χ3v) is 5.15. The van der Waals surface area contributed by atoms with Crippen molar-refractivity contribution < 1.29 is 13.2 Å². The average Bonchev–Trinajstić information content (AvgIpc) is 2.79. The van der Waals surface area contributed by atoms with Crippen LogP contribution >= 0.6 is 0 Å². The van der Waals surface area contributed by atoms with Gasteiger partial charge < -0.3 is 9.88 Å². The standard InChI is InChI=1S/C20H26N2O3S/c1-14-17(13-22(5)18(14)11-12-20(2,3)4)19(23)21-15-7-9-16(10-8-15)26(6,24)25/h7-13H,1-6H3,(H,21,23)/b12-11+. The molecule has 0 aliphatic heterocycles. The molecule has 0 radical (unpaired) electrons. The van der Waals surface area contributed by atoms with Gasteiger partial charge in [0.15, 0.2) is 9.84 Å². The maximum atomic E-state index is 12.6. The number of hydrogen-bond donors (Lipinski definition) is 1. The van der Waals surface area contributed by atoms with Gasteiger partial charge in [-0.1, -0.05) is 26.8 Å². The number of rotatable bonds is 4. The van der Waals surface area contributed by atoms with Crippen LogP contribution < -0.4 is 5.32 Å². The third kappa shape index (κ3) is 4.85. The molecule has 1 amide bonds. The summed E-state index contributed by atoms with van der Waals surface area (Å²) in [5, 5.41) is 2.82. The molecule has 1 aromatic heterocycles. The highest BCUT2D eigenvalue weighted by molar-refractivity contribution is 7.90. The molecule has 6 heteroatoms. The van der Waals surface area contributed by atoms with Crippen LogP contribution in [0.1, 0.15) is 42.4 Å². The van der Waals surface area contributed by atoms with E-state index in [0.29, 0.717) is 11.3 Å². The Morgan fingerprint density at radius 3 is 2.23 bits per heavy atom. The van der Waals surface area contributed by atoms with E-state index in [1.165, 1.54) is 12.1 Å². The van der Waals surface area contributed by atoms with Crippen LogP contribution in [-0.2, 0) is 16.9 Å². The lowest BCUT2D eigenvalue weighted by molar-refractivity contribution is 0.102. The fourth-order valence-corrected chi connectivity index (χ4v) is 3.18. The molecule has 0 atom stereocenters. The highest BCUT2D eigenvalue weighted by Gasteiger charge is 2.16. The van der Waals surface area contributed by atoms with Gasteiger partial charge in [0.2, 0.25) is 0 Å². The molecule has 0 aliphatic rings. The minimum atomic E-state index is -3.25. The van der Waals surface area contributed by atoms with E-state index in [0.717, 1.165) is 17.5 Å². The molecule has 26 heavy (non-hydrogen) atoms. The predicted molar refractivity (Wildman–Crippen MR) is 106 cm³/mol. The first-order valence-electron chi connectivity index (χ1n) is 8.35. The van der Waals surface area contributed by atoms with E-state index in [9.17, 15) is 13.2 Å². The Balaban J connectivity index is 2.24. The van der Waals surface area contributed by atoms with Crippen LogP contribution in [0.4, 0.5) is 5.69 Å². The molecule has 5 nitrogen and oxygen atoms in total. The molecule has 1 aromatic carbocycles. The first-order chi connectivity index (χ1) is 11.9. The number of nitrogens with zero attached hydrogens (tertiary/aromatic N) is 1. The fourth-order valence-electron chi connectivity index (χ4n) is 2.55. The lowest BCUT2D eigenvalue weighted by Crippen LogP contribution is -2.12. The van der Waals surface area contributed by atoms with Gasteiger partial charge in [-0.15, -0.1) is 0 Å². The summed E-state index contributed by atoms with van der Waals surface area (Å²) in [7, 11) is -1.34. The number of carbonyl (C=O) groups is 1. The summed E-state index contributed by atoms with van der Waals surface area (Å²) in [6.07, 6.45) is 7.10. The molecule has 2 aromatic rings. The maximum Gasteiger partial charge on any atom is 0.257 e. The second-order valence-corrected chi connectivity index (χ2v) is 9.63. The Kier molecular flexibility index (Phi) is 5.47. The van der Waals surface area contributed by atoms with E-state index in [1.54, 1.807) is 18.3 Å². The summed E-state index contributed by atoms with van der Waals surface area (Å²) in [4.78, 5) is 12.8. The number of aryl methyl sites for hydroxylation is 1. The topological polar surface area (TPSA) is 68.2 Å². The van der Waals surface area contributed by atoms with Crippen molar-refractivity contribution in [3.8, 4) is 0 Å². The van der Waals surface area contributed by atoms with Crippen molar-refractivity contribution >= 4 is 27.5 Å². The van der Waals surface area contributed by atoms with Gasteiger partial charge in [0, 0.05) is 30.9 Å². The van der Waals surface area contributed by atoms with E-state index in [1.807, 2.05) is 24.6 Å². The summed E-state index contributed by atoms with van der Waals surface area (Å²) in [5.41, 5.74) is 3.09. The van der Waals surface area contributed by atoms with Crippen LogP contribution in [0.15, 0.2) is 41.4 Å². The van der Waals surface area contributed by atoms with Gasteiger partial charge >= 0.3 is 0 Å². The first-order valence-corrected chi connectivity index (χ1v) is 10.2. The Hall–Kier alpha value is -2.34. The molecule has 2 rings (SSSR count). The smallest absolute Gasteiger partial charge is 0.257 e. The number of hydrogen-bond acceptors (Lipinski definition) is 3. The summed E-state index contributed by atoms with van der Waals surface area (Å²) in [6, 6.07) is 6.15. The van der Waals surface area contributed by atoms with E-state index in [-0.39, 0.29) is 16.2 Å². The van der Waals surface area contributed by atoms with Gasteiger partial charge in [0.1, 0.15) is 0 Å².